The van der Waals surface area contributed by atoms with Crippen LogP contribution < -0.4 is 0 Å². The van der Waals surface area contributed by atoms with Crippen LogP contribution in [0.15, 0.2) is 0 Å². The van der Waals surface area contributed by atoms with Crippen LogP contribution in [0.2, 0.25) is 0 Å². The van der Waals surface area contributed by atoms with Crippen molar-refractivity contribution in [2.75, 3.05) is 20.5 Å². The molecule has 0 aliphatic carbocycles. The van der Waals surface area contributed by atoms with Crippen LogP contribution in [0.25, 0.3) is 0 Å². The maximum Gasteiger partial charge on any atom is 0.354 e. The molecule has 0 spiro atoms. The van der Waals surface area contributed by atoms with Gasteiger partial charge in [0.2, 0.25) is 0 Å². The smallest absolute Gasteiger partial charge is 0.354 e. The fourth-order valence-electron chi connectivity index (χ4n) is 0.405. The highest BCUT2D eigenvalue weighted by atomic mass is 32.1. The summed E-state index contributed by atoms with van der Waals surface area (Å²) in [5.41, 5.74) is 0. The normalized spacial score (nSPS) is 21.9. The van der Waals surface area contributed by atoms with Gasteiger partial charge in [-0.05, 0) is 7.05 Å². The maximum atomic E-state index is 4.83. The molecule has 1 fully saturated rings. The molecule has 46 valence electrons. The van der Waals surface area contributed by atoms with E-state index in [0.29, 0.717) is 13.5 Å². The van der Waals surface area contributed by atoms with E-state index in [2.05, 4.69) is 12.2 Å². The first-order valence-electron chi connectivity index (χ1n) is 2.27. The Bertz CT molecular complexity index is 96.2. The van der Waals surface area contributed by atoms with Gasteiger partial charge in [-0.3, -0.25) is 0 Å². The molecule has 4 heteroatoms. The Labute approximate surface area is 53.2 Å². The summed E-state index contributed by atoms with van der Waals surface area (Å²) in [6, 6.07) is 0. The highest BCUT2D eigenvalue weighted by Gasteiger charge is 2.09. The number of hydrogen-bond donors (Lipinski definition) is 0. The lowest BCUT2D eigenvalue weighted by Gasteiger charge is -2.22. The molecule has 1 rings (SSSR count). The number of ether oxygens (including phenoxy) is 2. The second kappa shape index (κ2) is 2.28. The molecule has 1 aliphatic heterocycles. The van der Waals surface area contributed by atoms with Crippen molar-refractivity contribution in [3.63, 3.8) is 0 Å². The summed E-state index contributed by atoms with van der Waals surface area (Å²) < 4.78 is 9.65. The molecule has 0 radical (unpaired) electrons. The summed E-state index contributed by atoms with van der Waals surface area (Å²) in [4.78, 5) is 1.87. The van der Waals surface area contributed by atoms with Gasteiger partial charge in [0.25, 0.3) is 0 Å². The SMILES string of the molecule is CN1COC(=S)OC1. The Morgan fingerprint density at radius 3 is 2.38 bits per heavy atom. The van der Waals surface area contributed by atoms with Gasteiger partial charge in [0.1, 0.15) is 13.5 Å². The van der Waals surface area contributed by atoms with E-state index in [1.807, 2.05) is 11.9 Å². The van der Waals surface area contributed by atoms with Crippen LogP contribution in [0, 0.1) is 0 Å². The van der Waals surface area contributed by atoms with Gasteiger partial charge >= 0.3 is 5.24 Å². The summed E-state index contributed by atoms with van der Waals surface area (Å²) in [5.74, 6) is 0. The first-order valence-corrected chi connectivity index (χ1v) is 2.68. The minimum atomic E-state index is 0.253. The molecule has 3 nitrogen and oxygen atoms in total. The van der Waals surface area contributed by atoms with Crippen molar-refractivity contribution in [3.05, 3.63) is 0 Å². The molecule has 0 amide bonds. The zero-order chi connectivity index (χ0) is 5.98. The van der Waals surface area contributed by atoms with Gasteiger partial charge in [-0.2, -0.15) is 0 Å². The minimum absolute atomic E-state index is 0.253. The van der Waals surface area contributed by atoms with Crippen LogP contribution in [0.4, 0.5) is 0 Å². The van der Waals surface area contributed by atoms with Crippen molar-refractivity contribution >= 4 is 17.5 Å². The zero-order valence-electron chi connectivity index (χ0n) is 4.59. The van der Waals surface area contributed by atoms with E-state index in [4.69, 9.17) is 9.47 Å². The predicted molar refractivity (Wildman–Crippen MR) is 32.3 cm³/mol. The fourth-order valence-corrected chi connectivity index (χ4v) is 0.510. The summed E-state index contributed by atoms with van der Waals surface area (Å²) >= 11 is 4.59. The summed E-state index contributed by atoms with van der Waals surface area (Å²) in [6.07, 6.45) is 0. The Morgan fingerprint density at radius 1 is 1.50 bits per heavy atom. The predicted octanol–water partition coefficient (Wildman–Crippen LogP) is 0.165. The summed E-state index contributed by atoms with van der Waals surface area (Å²) in [7, 11) is 1.89. The van der Waals surface area contributed by atoms with Crippen molar-refractivity contribution in [2.24, 2.45) is 0 Å². The lowest BCUT2D eigenvalue weighted by Crippen LogP contribution is -2.33. The van der Waals surface area contributed by atoms with Gasteiger partial charge in [0, 0.05) is 12.2 Å². The van der Waals surface area contributed by atoms with E-state index in [9.17, 15) is 0 Å². The molecule has 0 bridgehead atoms. The van der Waals surface area contributed by atoms with Gasteiger partial charge in [-0.25, -0.2) is 4.90 Å². The molecule has 0 aromatic heterocycles. The number of rotatable bonds is 0. The molecule has 1 saturated heterocycles. The molecule has 0 unspecified atom stereocenters. The highest BCUT2D eigenvalue weighted by molar-refractivity contribution is 7.79. The van der Waals surface area contributed by atoms with Crippen molar-refractivity contribution in [3.8, 4) is 0 Å². The van der Waals surface area contributed by atoms with Gasteiger partial charge < -0.3 is 9.47 Å². The third kappa shape index (κ3) is 1.31. The van der Waals surface area contributed by atoms with Crippen LogP contribution in [0.1, 0.15) is 0 Å². The van der Waals surface area contributed by atoms with E-state index in [1.165, 1.54) is 0 Å². The molecule has 0 N–H and O–H groups in total. The zero-order valence-corrected chi connectivity index (χ0v) is 5.40. The molecular formula is C4H7NO2S. The van der Waals surface area contributed by atoms with Crippen LogP contribution in [0.5, 0.6) is 0 Å². The lowest BCUT2D eigenvalue weighted by molar-refractivity contribution is -0.0158. The van der Waals surface area contributed by atoms with Gasteiger partial charge in [0.15, 0.2) is 0 Å². The summed E-state index contributed by atoms with van der Waals surface area (Å²) in [5, 5.41) is 0.253. The molecule has 1 heterocycles. The largest absolute Gasteiger partial charge is 0.441 e. The molecule has 0 saturated carbocycles. The van der Waals surface area contributed by atoms with Crippen molar-refractivity contribution in [1.82, 2.24) is 4.90 Å². The lowest BCUT2D eigenvalue weighted by atomic mass is 10.8. The standard InChI is InChI=1S/C4H7NO2S/c1-5-2-6-4(8)7-3-5/h2-3H2,1H3. The van der Waals surface area contributed by atoms with Crippen LogP contribution in [-0.4, -0.2) is 30.6 Å². The van der Waals surface area contributed by atoms with Crippen LogP contribution >= 0.6 is 12.2 Å². The number of hydrogen-bond acceptors (Lipinski definition) is 4. The van der Waals surface area contributed by atoms with E-state index in [1.54, 1.807) is 0 Å². The van der Waals surface area contributed by atoms with Crippen molar-refractivity contribution < 1.29 is 9.47 Å². The monoisotopic (exact) mass is 133 g/mol. The topological polar surface area (TPSA) is 21.7 Å². The Kier molecular flexibility index (Phi) is 1.65. The molecular weight excluding hydrogens is 126 g/mol. The van der Waals surface area contributed by atoms with E-state index in [-0.39, 0.29) is 5.24 Å². The van der Waals surface area contributed by atoms with Crippen molar-refractivity contribution in [2.45, 2.75) is 0 Å². The Morgan fingerprint density at radius 2 is 2.00 bits per heavy atom. The average Bonchev–Trinajstić information content (AvgIpc) is 1.77. The third-order valence-electron chi connectivity index (χ3n) is 0.806. The molecule has 0 atom stereocenters. The van der Waals surface area contributed by atoms with Crippen molar-refractivity contribution in [1.29, 1.82) is 0 Å². The van der Waals surface area contributed by atoms with Gasteiger partial charge in [-0.15, -0.1) is 0 Å². The first-order chi connectivity index (χ1) is 3.79. The first kappa shape index (κ1) is 5.78. The van der Waals surface area contributed by atoms with E-state index in [0.717, 1.165) is 0 Å². The highest BCUT2D eigenvalue weighted by Crippen LogP contribution is 1.96. The van der Waals surface area contributed by atoms with Crippen LogP contribution in [0.3, 0.4) is 0 Å². The third-order valence-corrected chi connectivity index (χ3v) is 1.04. The molecule has 0 aromatic carbocycles. The Balaban J connectivity index is 2.29. The van der Waals surface area contributed by atoms with Gasteiger partial charge in [-0.1, -0.05) is 0 Å². The molecule has 1 aliphatic rings. The van der Waals surface area contributed by atoms with E-state index < -0.39 is 0 Å². The fraction of sp³-hybridized carbons (Fsp3) is 0.750. The number of thiocarbonyl (C=S) groups is 1. The minimum Gasteiger partial charge on any atom is -0.441 e. The summed E-state index contributed by atoms with van der Waals surface area (Å²) in [6.45, 7) is 1.08. The van der Waals surface area contributed by atoms with Crippen LogP contribution in [-0.2, 0) is 9.47 Å². The van der Waals surface area contributed by atoms with Gasteiger partial charge in [0.05, 0.1) is 0 Å². The molecule has 8 heavy (non-hydrogen) atoms. The average molecular weight is 133 g/mol. The quantitative estimate of drug-likeness (QED) is 0.439. The maximum absolute atomic E-state index is 4.83. The molecule has 0 aromatic rings. The second-order valence-electron chi connectivity index (χ2n) is 1.65. The Hall–Kier alpha value is -0.350. The second-order valence-corrected chi connectivity index (χ2v) is 1.99. The van der Waals surface area contributed by atoms with E-state index >= 15 is 0 Å². The number of nitrogens with zero attached hydrogens (tertiary/aromatic N) is 1.